The molecule has 0 saturated heterocycles. The van der Waals surface area contributed by atoms with E-state index in [9.17, 15) is 4.79 Å². The van der Waals surface area contributed by atoms with E-state index in [-0.39, 0.29) is 11.8 Å². The molecule has 1 aliphatic rings. The maximum absolute atomic E-state index is 14.1. The number of H-pyrrole nitrogens is 2. The number of imidazole rings is 1. The lowest BCUT2D eigenvalue weighted by Gasteiger charge is -2.21. The van der Waals surface area contributed by atoms with Gasteiger partial charge in [-0.1, -0.05) is 19.3 Å². The minimum absolute atomic E-state index is 0.00513. The minimum atomic E-state index is 0.00513. The Bertz CT molecular complexity index is 2110. The molecule has 1 fully saturated rings. The van der Waals surface area contributed by atoms with Gasteiger partial charge in [-0.3, -0.25) is 24.4 Å². The Morgan fingerprint density at radius 3 is 2.68 bits per heavy atom. The maximum atomic E-state index is 14.1. The number of aromatic nitrogens is 8. The van der Waals surface area contributed by atoms with E-state index in [1.807, 2.05) is 41.2 Å². The predicted octanol–water partition coefficient (Wildman–Crippen LogP) is 6.44. The Morgan fingerprint density at radius 1 is 0.895 bits per heavy atom. The van der Waals surface area contributed by atoms with Crippen molar-refractivity contribution in [2.24, 2.45) is 5.92 Å². The molecule has 2 N–H and O–H groups in total. The predicted molar refractivity (Wildman–Crippen MR) is 150 cm³/mol. The summed E-state index contributed by atoms with van der Waals surface area (Å²) in [6.07, 6.45) is 14.2. The van der Waals surface area contributed by atoms with Crippen molar-refractivity contribution in [3.05, 3.63) is 55.2 Å². The average molecular weight is 519 g/mol. The Labute approximate surface area is 219 Å². The highest BCUT2D eigenvalue weighted by atomic mass is 32.1. The molecular weight excluding hydrogens is 496 g/mol. The first-order valence-electron chi connectivity index (χ1n) is 12.8. The molecule has 1 saturated carbocycles. The van der Waals surface area contributed by atoms with Gasteiger partial charge < -0.3 is 4.98 Å². The summed E-state index contributed by atoms with van der Waals surface area (Å²) >= 11 is 1.57. The highest BCUT2D eigenvalue weighted by Gasteiger charge is 2.24. The van der Waals surface area contributed by atoms with Crippen LogP contribution in [0.3, 0.4) is 0 Å². The summed E-state index contributed by atoms with van der Waals surface area (Å²) in [6, 6.07) is 8.14. The van der Waals surface area contributed by atoms with E-state index in [4.69, 9.17) is 4.98 Å². The number of carbonyl (C=O) groups is 1. The maximum Gasteiger partial charge on any atom is 0.235 e. The van der Waals surface area contributed by atoms with Crippen molar-refractivity contribution in [3.63, 3.8) is 0 Å². The zero-order valence-corrected chi connectivity index (χ0v) is 21.1. The SMILES string of the molecule is O=C(C1CCCCC1)n1c2cncc(c2)c2cnc3[nH]nc(c4nc5c(cncc5c5ccc1s5)[nH]4)c3c2. The summed E-state index contributed by atoms with van der Waals surface area (Å²) in [6.45, 7) is 0. The monoisotopic (exact) mass is 518 g/mol. The molecule has 0 unspecified atom stereocenters. The fourth-order valence-electron chi connectivity index (χ4n) is 5.66. The normalized spacial score (nSPS) is 14.8. The van der Waals surface area contributed by atoms with Gasteiger partial charge in [0.25, 0.3) is 0 Å². The van der Waals surface area contributed by atoms with E-state index in [0.717, 1.165) is 73.3 Å². The average Bonchev–Trinajstić information content (AvgIpc) is 3.71. The first-order valence-corrected chi connectivity index (χ1v) is 13.6. The molecule has 186 valence electrons. The number of thiophene rings is 1. The zero-order chi connectivity index (χ0) is 25.2. The number of pyridine rings is 3. The number of aromatic amines is 2. The summed E-state index contributed by atoms with van der Waals surface area (Å²) in [5, 5.41) is 11.1. The van der Waals surface area contributed by atoms with Gasteiger partial charge in [-0.2, -0.15) is 5.10 Å². The van der Waals surface area contributed by atoms with Gasteiger partial charge in [-0.25, -0.2) is 9.97 Å². The van der Waals surface area contributed by atoms with Gasteiger partial charge in [0, 0.05) is 45.4 Å². The van der Waals surface area contributed by atoms with Gasteiger partial charge in [-0.05, 0) is 37.1 Å². The van der Waals surface area contributed by atoms with Gasteiger partial charge in [0.1, 0.15) is 15.9 Å². The van der Waals surface area contributed by atoms with Crippen LogP contribution in [0.5, 0.6) is 0 Å². The van der Waals surface area contributed by atoms with Gasteiger partial charge in [0.05, 0.1) is 28.8 Å². The van der Waals surface area contributed by atoms with Crippen LogP contribution in [0.15, 0.2) is 55.2 Å². The molecule has 7 aromatic heterocycles. The number of nitrogens with one attached hydrogen (secondary N) is 2. The zero-order valence-electron chi connectivity index (χ0n) is 20.3. The van der Waals surface area contributed by atoms with Crippen LogP contribution in [0.2, 0.25) is 0 Å². The summed E-state index contributed by atoms with van der Waals surface area (Å²) in [5.74, 6) is 0.135. The van der Waals surface area contributed by atoms with E-state index in [1.165, 1.54) is 6.42 Å². The van der Waals surface area contributed by atoms with Crippen LogP contribution in [0.25, 0.3) is 64.4 Å². The standard InChI is InChI=1S/C28H22N8OS/c37-28(15-4-2-1-3-5-15)36-18-8-16(10-29-12-18)17-9-19-25(34-35-26(19)31-11-17)27-32-21-14-30-13-20(24(21)33-27)22-6-7-23(36)38-22/h6-15H,1-5H2,(H,32,33)(H,31,34,35). The molecule has 0 spiro atoms. The summed E-state index contributed by atoms with van der Waals surface area (Å²) in [5.41, 5.74) is 4.40. The number of hydrogen-bond acceptors (Lipinski definition) is 7. The molecule has 9 nitrogen and oxygen atoms in total. The van der Waals surface area contributed by atoms with Gasteiger partial charge in [0.2, 0.25) is 5.91 Å². The van der Waals surface area contributed by atoms with Crippen molar-refractivity contribution in [2.45, 2.75) is 32.1 Å². The van der Waals surface area contributed by atoms with Gasteiger partial charge in [-0.15, -0.1) is 11.3 Å². The lowest BCUT2D eigenvalue weighted by Crippen LogP contribution is -2.24. The van der Waals surface area contributed by atoms with E-state index in [1.54, 1.807) is 29.9 Å². The first kappa shape index (κ1) is 21.6. The lowest BCUT2D eigenvalue weighted by atomic mass is 9.88. The Hall–Kier alpha value is -4.44. The van der Waals surface area contributed by atoms with Gasteiger partial charge in [0.15, 0.2) is 11.3 Å². The third-order valence-corrected chi connectivity index (χ3v) is 8.71. The molecule has 8 bridgehead atoms. The molecule has 7 aromatic rings. The van der Waals surface area contributed by atoms with Crippen molar-refractivity contribution in [1.82, 2.24) is 39.7 Å². The van der Waals surface area contributed by atoms with Crippen molar-refractivity contribution < 1.29 is 4.79 Å². The Balaban J connectivity index is 1.57. The molecule has 1 aliphatic carbocycles. The molecule has 8 rings (SSSR count). The minimum Gasteiger partial charge on any atom is -0.335 e. The fourth-order valence-corrected chi connectivity index (χ4v) is 6.71. The van der Waals surface area contributed by atoms with Crippen molar-refractivity contribution >= 4 is 81.7 Å². The highest BCUT2D eigenvalue weighted by Crippen LogP contribution is 2.32. The molecular formula is C28H22N8OS. The third kappa shape index (κ3) is 3.30. The number of rotatable bonds is 1. The van der Waals surface area contributed by atoms with E-state index >= 15 is 0 Å². The number of fused-ring (bicyclic) bond motifs is 9. The van der Waals surface area contributed by atoms with Crippen molar-refractivity contribution in [1.29, 1.82) is 0 Å². The molecule has 38 heavy (non-hydrogen) atoms. The van der Waals surface area contributed by atoms with Crippen molar-refractivity contribution in [3.8, 4) is 0 Å². The van der Waals surface area contributed by atoms with Crippen LogP contribution < -0.4 is 0 Å². The third-order valence-electron chi connectivity index (χ3n) is 7.60. The lowest BCUT2D eigenvalue weighted by molar-refractivity contribution is 0.0812. The summed E-state index contributed by atoms with van der Waals surface area (Å²) < 4.78 is 2.85. The fraction of sp³-hybridized carbons (Fsp3) is 0.214. The molecule has 0 radical (unpaired) electrons. The van der Waals surface area contributed by atoms with Crippen LogP contribution in [-0.2, 0) is 0 Å². The first-order chi connectivity index (χ1) is 18.7. The summed E-state index contributed by atoms with van der Waals surface area (Å²) in [7, 11) is 0. The number of nitrogens with zero attached hydrogens (tertiary/aromatic N) is 6. The van der Waals surface area contributed by atoms with Crippen LogP contribution in [0.4, 0.5) is 0 Å². The number of carbonyl (C=O) groups excluding carboxylic acids is 1. The second-order valence-electron chi connectivity index (χ2n) is 9.94. The molecule has 0 aliphatic heterocycles. The van der Waals surface area contributed by atoms with E-state index in [0.29, 0.717) is 16.8 Å². The van der Waals surface area contributed by atoms with Crippen molar-refractivity contribution in [2.75, 3.05) is 0 Å². The molecule has 7 heterocycles. The topological polar surface area (TPSA) is 118 Å². The van der Waals surface area contributed by atoms with Crippen LogP contribution in [-0.4, -0.2) is 45.6 Å². The van der Waals surface area contributed by atoms with Crippen LogP contribution in [0, 0.1) is 5.92 Å². The molecule has 10 heteroatoms. The summed E-state index contributed by atoms with van der Waals surface area (Å²) in [4.78, 5) is 36.9. The Kier molecular flexibility index (Phi) is 4.72. The largest absolute Gasteiger partial charge is 0.335 e. The van der Waals surface area contributed by atoms with Crippen LogP contribution in [0.1, 0.15) is 36.9 Å². The smallest absolute Gasteiger partial charge is 0.235 e. The van der Waals surface area contributed by atoms with E-state index < -0.39 is 0 Å². The van der Waals surface area contributed by atoms with Crippen LogP contribution >= 0.6 is 11.3 Å². The second kappa shape index (κ2) is 8.29. The molecule has 0 atom stereocenters. The number of hydrogen-bond donors (Lipinski definition) is 2. The Morgan fingerprint density at radius 2 is 1.76 bits per heavy atom. The van der Waals surface area contributed by atoms with Gasteiger partial charge >= 0.3 is 0 Å². The molecule has 0 amide bonds. The van der Waals surface area contributed by atoms with E-state index in [2.05, 4.69) is 30.1 Å². The second-order valence-corrected chi connectivity index (χ2v) is 11.0. The highest BCUT2D eigenvalue weighted by molar-refractivity contribution is 7.24. The quantitative estimate of drug-likeness (QED) is 0.258. The molecule has 0 aromatic carbocycles.